The van der Waals surface area contributed by atoms with Gasteiger partial charge < -0.3 is 25.2 Å². The number of ether oxygens (including phenoxy) is 2. The van der Waals surface area contributed by atoms with Crippen LogP contribution in [-0.2, 0) is 14.3 Å². The molecule has 1 aliphatic rings. The molecule has 0 aromatic heterocycles. The summed E-state index contributed by atoms with van der Waals surface area (Å²) >= 11 is 0. The van der Waals surface area contributed by atoms with Crippen molar-refractivity contribution in [3.8, 4) is 11.1 Å². The van der Waals surface area contributed by atoms with Crippen LogP contribution in [0.5, 0.6) is 0 Å². The van der Waals surface area contributed by atoms with E-state index in [9.17, 15) is 19.5 Å². The van der Waals surface area contributed by atoms with Crippen LogP contribution in [0.15, 0.2) is 48.5 Å². The summed E-state index contributed by atoms with van der Waals surface area (Å²) in [6.45, 7) is 7.54. The lowest BCUT2D eigenvalue weighted by Gasteiger charge is -2.17. The van der Waals surface area contributed by atoms with Crippen LogP contribution in [0.4, 0.5) is 9.59 Å². The highest BCUT2D eigenvalue weighted by Gasteiger charge is 2.29. The Labute approximate surface area is 213 Å². The zero-order valence-corrected chi connectivity index (χ0v) is 22.2. The molecule has 0 fully saturated rings. The van der Waals surface area contributed by atoms with E-state index in [1.165, 1.54) is 0 Å². The topological polar surface area (TPSA) is 114 Å². The number of carbonyl (C=O) groups excluding carboxylic acids is 2. The second-order valence-corrected chi connectivity index (χ2v) is 15.9. The highest BCUT2D eigenvalue weighted by atomic mass is 28.3. The lowest BCUT2D eigenvalue weighted by molar-refractivity contribution is -0.139. The minimum absolute atomic E-state index is 0.0944. The van der Waals surface area contributed by atoms with Crippen molar-refractivity contribution in [2.45, 2.75) is 56.9 Å². The quantitative estimate of drug-likeness (QED) is 0.266. The maximum absolute atomic E-state index is 12.4. The van der Waals surface area contributed by atoms with Crippen molar-refractivity contribution in [1.82, 2.24) is 10.6 Å². The molecule has 2 aromatic carbocycles. The Morgan fingerprint density at radius 2 is 1.53 bits per heavy atom. The number of rotatable bonds is 12. The maximum Gasteiger partial charge on any atom is 0.407 e. The average molecular weight is 513 g/mol. The van der Waals surface area contributed by atoms with Gasteiger partial charge in [-0.1, -0.05) is 68.2 Å². The standard InChI is InChI=1S/C27H36N2O6Si/c1-36(2,3)17-16-34-26(32)28-15-9-8-14-24(25(30)31)29-27(33)35-18-23-21-12-6-4-10-19(21)20-11-5-7-13-22(20)23/h4-7,10-13,23-24H,8-9,14-18H2,1-3H3,(H,28,32)(H,29,33)(H,30,31)/t24-/m0/s1. The Balaban J connectivity index is 1.40. The van der Waals surface area contributed by atoms with Crippen molar-refractivity contribution >= 4 is 26.2 Å². The molecule has 0 saturated carbocycles. The fraction of sp³-hybridized carbons (Fsp3) is 0.444. The molecule has 0 unspecified atom stereocenters. The number of fused-ring (bicyclic) bond motifs is 3. The van der Waals surface area contributed by atoms with Crippen LogP contribution < -0.4 is 10.6 Å². The number of carboxylic acids is 1. The fourth-order valence-corrected chi connectivity index (χ4v) is 4.92. The predicted octanol–water partition coefficient (Wildman–Crippen LogP) is 5.21. The Bertz CT molecular complexity index is 1020. The number of carbonyl (C=O) groups is 3. The highest BCUT2D eigenvalue weighted by molar-refractivity contribution is 6.76. The summed E-state index contributed by atoms with van der Waals surface area (Å²) < 4.78 is 10.6. The SMILES string of the molecule is C[Si](C)(C)CCOC(=O)NCCCC[C@H](NC(=O)OCC1c2ccccc2-c2ccccc21)C(=O)O. The van der Waals surface area contributed by atoms with E-state index < -0.39 is 32.3 Å². The van der Waals surface area contributed by atoms with Crippen LogP contribution in [0.1, 0.15) is 36.3 Å². The Kier molecular flexibility index (Phi) is 9.52. The first-order valence-electron chi connectivity index (χ1n) is 12.4. The van der Waals surface area contributed by atoms with Gasteiger partial charge >= 0.3 is 18.2 Å². The number of aliphatic carboxylic acids is 1. The van der Waals surface area contributed by atoms with Gasteiger partial charge in [-0.25, -0.2) is 14.4 Å². The third-order valence-corrected chi connectivity index (χ3v) is 7.91. The summed E-state index contributed by atoms with van der Waals surface area (Å²) in [6, 6.07) is 15.9. The Morgan fingerprint density at radius 1 is 0.917 bits per heavy atom. The van der Waals surface area contributed by atoms with Crippen molar-refractivity contribution in [1.29, 1.82) is 0 Å². The number of amides is 2. The smallest absolute Gasteiger partial charge is 0.407 e. The zero-order chi connectivity index (χ0) is 26.1. The van der Waals surface area contributed by atoms with Gasteiger partial charge in [0.05, 0.1) is 6.61 Å². The van der Waals surface area contributed by atoms with Crippen LogP contribution in [0.2, 0.25) is 25.7 Å². The molecule has 9 heteroatoms. The molecule has 0 heterocycles. The van der Waals surface area contributed by atoms with Crippen LogP contribution in [0.3, 0.4) is 0 Å². The summed E-state index contributed by atoms with van der Waals surface area (Å²) in [4.78, 5) is 35.8. The zero-order valence-electron chi connectivity index (χ0n) is 21.2. The molecule has 0 radical (unpaired) electrons. The normalized spacial score (nSPS) is 13.3. The molecule has 0 spiro atoms. The van der Waals surface area contributed by atoms with Crippen molar-refractivity contribution in [2.24, 2.45) is 0 Å². The molecule has 8 nitrogen and oxygen atoms in total. The molecule has 0 saturated heterocycles. The Hall–Kier alpha value is -3.33. The van der Waals surface area contributed by atoms with E-state index in [4.69, 9.17) is 9.47 Å². The van der Waals surface area contributed by atoms with Gasteiger partial charge in [-0.3, -0.25) is 0 Å². The Morgan fingerprint density at radius 3 is 2.11 bits per heavy atom. The summed E-state index contributed by atoms with van der Waals surface area (Å²) in [7, 11) is -1.26. The number of alkyl carbamates (subject to hydrolysis) is 2. The van der Waals surface area contributed by atoms with Gasteiger partial charge in [-0.15, -0.1) is 0 Å². The minimum atomic E-state index is -1.26. The first-order valence-corrected chi connectivity index (χ1v) is 16.1. The largest absolute Gasteiger partial charge is 0.480 e. The second-order valence-electron chi connectivity index (χ2n) is 10.2. The third kappa shape index (κ3) is 7.84. The summed E-state index contributed by atoms with van der Waals surface area (Å²) in [5.41, 5.74) is 4.43. The van der Waals surface area contributed by atoms with Crippen molar-refractivity contribution in [3.63, 3.8) is 0 Å². The molecule has 1 aliphatic carbocycles. The number of carboxylic acid groups (broad SMARTS) is 1. The molecule has 1 atom stereocenters. The minimum Gasteiger partial charge on any atom is -0.480 e. The monoisotopic (exact) mass is 512 g/mol. The highest BCUT2D eigenvalue weighted by Crippen LogP contribution is 2.44. The molecule has 0 bridgehead atoms. The predicted molar refractivity (Wildman–Crippen MR) is 141 cm³/mol. The van der Waals surface area contributed by atoms with Gasteiger partial charge in [0.1, 0.15) is 12.6 Å². The van der Waals surface area contributed by atoms with E-state index in [1.807, 2.05) is 36.4 Å². The number of nitrogens with one attached hydrogen (secondary N) is 2. The molecule has 36 heavy (non-hydrogen) atoms. The van der Waals surface area contributed by atoms with Gasteiger partial charge in [0, 0.05) is 20.5 Å². The number of hydrogen-bond donors (Lipinski definition) is 3. The maximum atomic E-state index is 12.4. The van der Waals surface area contributed by atoms with Gasteiger partial charge in [-0.05, 0) is 47.6 Å². The molecule has 0 aliphatic heterocycles. The van der Waals surface area contributed by atoms with E-state index in [-0.39, 0.29) is 18.9 Å². The molecular formula is C27H36N2O6Si. The number of unbranched alkanes of at least 4 members (excludes halogenated alkanes) is 1. The fourth-order valence-electron chi connectivity index (χ4n) is 4.20. The first kappa shape index (κ1) is 27.3. The molecule has 3 N–H and O–H groups in total. The molecule has 194 valence electrons. The first-order chi connectivity index (χ1) is 17.2. The van der Waals surface area contributed by atoms with Crippen LogP contribution in [-0.4, -0.2) is 57.1 Å². The molecule has 2 amide bonds. The van der Waals surface area contributed by atoms with Gasteiger partial charge in [0.15, 0.2) is 0 Å². The summed E-state index contributed by atoms with van der Waals surface area (Å²) in [5.74, 6) is -1.22. The summed E-state index contributed by atoms with van der Waals surface area (Å²) in [6.07, 6.45) is 0.0918. The van der Waals surface area contributed by atoms with Crippen LogP contribution in [0, 0.1) is 0 Å². The van der Waals surface area contributed by atoms with E-state index in [1.54, 1.807) is 0 Å². The van der Waals surface area contributed by atoms with Crippen molar-refractivity contribution in [2.75, 3.05) is 19.8 Å². The van der Waals surface area contributed by atoms with Crippen molar-refractivity contribution in [3.05, 3.63) is 59.7 Å². The number of hydrogen-bond acceptors (Lipinski definition) is 5. The van der Waals surface area contributed by atoms with Crippen LogP contribution in [0.25, 0.3) is 11.1 Å². The average Bonchev–Trinajstić information content (AvgIpc) is 3.14. The summed E-state index contributed by atoms with van der Waals surface area (Å²) in [5, 5.41) is 14.6. The lowest BCUT2D eigenvalue weighted by Crippen LogP contribution is -2.41. The van der Waals surface area contributed by atoms with Gasteiger partial charge in [0.25, 0.3) is 0 Å². The van der Waals surface area contributed by atoms with E-state index in [0.717, 1.165) is 28.3 Å². The second kappa shape index (κ2) is 12.6. The lowest BCUT2D eigenvalue weighted by atomic mass is 9.98. The van der Waals surface area contributed by atoms with E-state index in [2.05, 4.69) is 42.4 Å². The van der Waals surface area contributed by atoms with Crippen LogP contribution >= 0.6 is 0 Å². The molecule has 3 rings (SSSR count). The molecular weight excluding hydrogens is 476 g/mol. The number of benzene rings is 2. The van der Waals surface area contributed by atoms with Gasteiger partial charge in [-0.2, -0.15) is 0 Å². The third-order valence-electron chi connectivity index (χ3n) is 6.21. The van der Waals surface area contributed by atoms with E-state index >= 15 is 0 Å². The molecule has 2 aromatic rings. The van der Waals surface area contributed by atoms with Gasteiger partial charge in [0.2, 0.25) is 0 Å². The van der Waals surface area contributed by atoms with E-state index in [0.29, 0.717) is 26.0 Å². The van der Waals surface area contributed by atoms with Crippen molar-refractivity contribution < 1.29 is 29.0 Å².